The average molecular weight is 382 g/mol. The standard InChI is InChI=1S/C17H17Cl2N3OS/c1-2-22-8-7-14-15(10-22)24-17(20-14)21-16(23)6-4-11-3-5-12(18)9-13(11)19/h3-6,9H,2,7-8,10H2,1H3,(H,20,21,23)/b6-4+. The molecule has 1 aliphatic heterocycles. The fraction of sp³-hybridized carbons (Fsp3) is 0.294. The summed E-state index contributed by atoms with van der Waals surface area (Å²) >= 11 is 13.5. The van der Waals surface area contributed by atoms with Gasteiger partial charge in [-0.1, -0.05) is 36.2 Å². The first-order valence-electron chi connectivity index (χ1n) is 7.70. The predicted molar refractivity (Wildman–Crippen MR) is 101 cm³/mol. The van der Waals surface area contributed by atoms with Gasteiger partial charge >= 0.3 is 0 Å². The van der Waals surface area contributed by atoms with E-state index in [0.29, 0.717) is 15.2 Å². The summed E-state index contributed by atoms with van der Waals surface area (Å²) in [5.74, 6) is -0.223. The maximum absolute atomic E-state index is 12.1. The van der Waals surface area contributed by atoms with Gasteiger partial charge < -0.3 is 0 Å². The maximum atomic E-state index is 12.1. The molecule has 0 aliphatic carbocycles. The van der Waals surface area contributed by atoms with E-state index in [1.807, 2.05) is 0 Å². The highest BCUT2D eigenvalue weighted by atomic mass is 35.5. The summed E-state index contributed by atoms with van der Waals surface area (Å²) in [7, 11) is 0. The first-order valence-corrected chi connectivity index (χ1v) is 9.27. The number of rotatable bonds is 4. The molecule has 1 N–H and O–H groups in total. The lowest BCUT2D eigenvalue weighted by molar-refractivity contribution is -0.111. The number of carbonyl (C=O) groups is 1. The van der Waals surface area contributed by atoms with Gasteiger partial charge in [0.2, 0.25) is 5.91 Å². The highest BCUT2D eigenvalue weighted by Crippen LogP contribution is 2.28. The van der Waals surface area contributed by atoms with Crippen LogP contribution >= 0.6 is 34.5 Å². The topological polar surface area (TPSA) is 45.2 Å². The van der Waals surface area contributed by atoms with E-state index in [1.165, 1.54) is 11.0 Å². The van der Waals surface area contributed by atoms with Gasteiger partial charge in [-0.25, -0.2) is 4.98 Å². The van der Waals surface area contributed by atoms with Gasteiger partial charge in [0.1, 0.15) is 0 Å². The monoisotopic (exact) mass is 381 g/mol. The minimum absolute atomic E-state index is 0.223. The van der Waals surface area contributed by atoms with Crippen LogP contribution in [0.5, 0.6) is 0 Å². The van der Waals surface area contributed by atoms with Crippen LogP contribution in [0.4, 0.5) is 5.13 Å². The van der Waals surface area contributed by atoms with Gasteiger partial charge in [-0.15, -0.1) is 11.3 Å². The molecular weight excluding hydrogens is 365 g/mol. The molecule has 0 fully saturated rings. The molecule has 1 amide bonds. The third-order valence-corrected chi connectivity index (χ3v) is 5.42. The van der Waals surface area contributed by atoms with Crippen LogP contribution in [-0.2, 0) is 17.8 Å². The van der Waals surface area contributed by atoms with E-state index in [0.717, 1.165) is 37.3 Å². The summed E-state index contributed by atoms with van der Waals surface area (Å²) < 4.78 is 0. The Labute approximate surface area is 155 Å². The summed E-state index contributed by atoms with van der Waals surface area (Å²) in [6.07, 6.45) is 4.06. The van der Waals surface area contributed by atoms with Gasteiger partial charge in [-0.05, 0) is 30.3 Å². The second kappa shape index (κ2) is 7.66. The zero-order valence-corrected chi connectivity index (χ0v) is 15.5. The van der Waals surface area contributed by atoms with E-state index in [-0.39, 0.29) is 5.91 Å². The molecule has 2 heterocycles. The van der Waals surface area contributed by atoms with Crippen LogP contribution in [0.2, 0.25) is 10.0 Å². The van der Waals surface area contributed by atoms with E-state index in [2.05, 4.69) is 22.1 Å². The maximum Gasteiger partial charge on any atom is 0.250 e. The number of anilines is 1. The number of nitrogens with zero attached hydrogens (tertiary/aromatic N) is 2. The molecular formula is C17H17Cl2N3OS. The lowest BCUT2D eigenvalue weighted by Gasteiger charge is -2.23. The molecule has 2 aromatic rings. The number of hydrogen-bond acceptors (Lipinski definition) is 4. The third kappa shape index (κ3) is 4.16. The first-order chi connectivity index (χ1) is 11.5. The van der Waals surface area contributed by atoms with E-state index in [9.17, 15) is 4.79 Å². The summed E-state index contributed by atoms with van der Waals surface area (Å²) in [5.41, 5.74) is 1.85. The molecule has 126 valence electrons. The van der Waals surface area contributed by atoms with Crippen molar-refractivity contribution in [1.29, 1.82) is 0 Å². The summed E-state index contributed by atoms with van der Waals surface area (Å²) in [6, 6.07) is 5.16. The lowest BCUT2D eigenvalue weighted by atomic mass is 10.2. The molecule has 0 saturated heterocycles. The van der Waals surface area contributed by atoms with Crippen molar-refractivity contribution in [2.24, 2.45) is 0 Å². The molecule has 4 nitrogen and oxygen atoms in total. The van der Waals surface area contributed by atoms with Crippen molar-refractivity contribution in [3.8, 4) is 0 Å². The largest absolute Gasteiger partial charge is 0.298 e. The van der Waals surface area contributed by atoms with E-state index < -0.39 is 0 Å². The Morgan fingerprint density at radius 1 is 1.46 bits per heavy atom. The number of nitrogens with one attached hydrogen (secondary N) is 1. The molecule has 0 radical (unpaired) electrons. The molecule has 7 heteroatoms. The predicted octanol–water partition coefficient (Wildman–Crippen LogP) is 4.48. The van der Waals surface area contributed by atoms with E-state index in [1.54, 1.807) is 35.6 Å². The number of carbonyl (C=O) groups excluding carboxylic acids is 1. The van der Waals surface area contributed by atoms with Gasteiger partial charge in [0.15, 0.2) is 5.13 Å². The van der Waals surface area contributed by atoms with E-state index >= 15 is 0 Å². The molecule has 0 saturated carbocycles. The average Bonchev–Trinajstić information content (AvgIpc) is 2.95. The number of fused-ring (bicyclic) bond motifs is 1. The smallest absolute Gasteiger partial charge is 0.250 e. The minimum Gasteiger partial charge on any atom is -0.298 e. The van der Waals surface area contributed by atoms with Crippen LogP contribution < -0.4 is 5.32 Å². The fourth-order valence-electron chi connectivity index (χ4n) is 2.52. The Kier molecular flexibility index (Phi) is 5.56. The number of likely N-dealkylation sites (N-methyl/N-ethyl adjacent to an activating group) is 1. The summed E-state index contributed by atoms with van der Waals surface area (Å²) in [6.45, 7) is 5.12. The van der Waals surface area contributed by atoms with E-state index in [4.69, 9.17) is 23.2 Å². The molecule has 0 unspecified atom stereocenters. The molecule has 0 bridgehead atoms. The van der Waals surface area contributed by atoms with Gasteiger partial charge in [0.25, 0.3) is 0 Å². The normalized spacial score (nSPS) is 14.8. The minimum atomic E-state index is -0.223. The fourth-order valence-corrected chi connectivity index (χ4v) is 4.05. The molecule has 1 aliphatic rings. The van der Waals surface area contributed by atoms with Crippen LogP contribution in [0.15, 0.2) is 24.3 Å². The molecule has 0 spiro atoms. The molecule has 1 aromatic carbocycles. The second-order valence-corrected chi connectivity index (χ2v) is 7.42. The van der Waals surface area contributed by atoms with Gasteiger partial charge in [0, 0.05) is 40.5 Å². The number of aromatic nitrogens is 1. The number of halogens is 2. The Morgan fingerprint density at radius 2 is 2.29 bits per heavy atom. The van der Waals surface area contributed by atoms with Crippen molar-refractivity contribution in [1.82, 2.24) is 9.88 Å². The van der Waals surface area contributed by atoms with Crippen molar-refractivity contribution in [2.75, 3.05) is 18.4 Å². The van der Waals surface area contributed by atoms with Crippen LogP contribution in [-0.4, -0.2) is 28.9 Å². The Balaban J connectivity index is 1.65. The number of hydrogen-bond donors (Lipinski definition) is 1. The highest BCUT2D eigenvalue weighted by Gasteiger charge is 2.19. The van der Waals surface area contributed by atoms with Crippen LogP contribution in [0, 0.1) is 0 Å². The molecule has 1 aromatic heterocycles. The quantitative estimate of drug-likeness (QED) is 0.793. The van der Waals surface area contributed by atoms with Crippen molar-refractivity contribution in [3.05, 3.63) is 50.5 Å². The van der Waals surface area contributed by atoms with Gasteiger partial charge in [0.05, 0.1) is 5.69 Å². The SMILES string of the molecule is CCN1CCc2nc(NC(=O)/C=C/c3ccc(Cl)cc3Cl)sc2C1. The first kappa shape index (κ1) is 17.4. The van der Waals surface area contributed by atoms with Crippen LogP contribution in [0.1, 0.15) is 23.1 Å². The third-order valence-electron chi connectivity index (χ3n) is 3.86. The Hall–Kier alpha value is -1.40. The summed E-state index contributed by atoms with van der Waals surface area (Å²) in [5, 5.41) is 4.55. The van der Waals surface area contributed by atoms with Crippen molar-refractivity contribution in [3.63, 3.8) is 0 Å². The molecule has 24 heavy (non-hydrogen) atoms. The van der Waals surface area contributed by atoms with Gasteiger partial charge in [-0.3, -0.25) is 15.0 Å². The van der Waals surface area contributed by atoms with Crippen molar-refractivity contribution >= 4 is 51.7 Å². The Bertz CT molecular complexity index is 788. The number of amides is 1. The highest BCUT2D eigenvalue weighted by molar-refractivity contribution is 7.15. The molecule has 0 atom stereocenters. The van der Waals surface area contributed by atoms with Crippen molar-refractivity contribution < 1.29 is 4.79 Å². The van der Waals surface area contributed by atoms with Gasteiger partial charge in [-0.2, -0.15) is 0 Å². The number of benzene rings is 1. The van der Waals surface area contributed by atoms with Crippen LogP contribution in [0.3, 0.4) is 0 Å². The number of thiazole rings is 1. The van der Waals surface area contributed by atoms with Crippen LogP contribution in [0.25, 0.3) is 6.08 Å². The molecule has 3 rings (SSSR count). The van der Waals surface area contributed by atoms with Crippen molar-refractivity contribution in [2.45, 2.75) is 19.9 Å². The zero-order chi connectivity index (χ0) is 17.1. The summed E-state index contributed by atoms with van der Waals surface area (Å²) in [4.78, 5) is 20.2. The zero-order valence-electron chi connectivity index (χ0n) is 13.2. The second-order valence-electron chi connectivity index (χ2n) is 5.50. The Morgan fingerprint density at radius 3 is 3.04 bits per heavy atom. The lowest BCUT2D eigenvalue weighted by Crippen LogP contribution is -2.29.